The van der Waals surface area contributed by atoms with Gasteiger partial charge in [0.05, 0.1) is 0 Å². The van der Waals surface area contributed by atoms with Gasteiger partial charge in [0.15, 0.2) is 0 Å². The number of aryl methyl sites for hydroxylation is 2. The highest BCUT2D eigenvalue weighted by atomic mass is 14.7. The summed E-state index contributed by atoms with van der Waals surface area (Å²) in [5, 5.41) is 0. The summed E-state index contributed by atoms with van der Waals surface area (Å²) in [4.78, 5) is 3.14. The van der Waals surface area contributed by atoms with Crippen LogP contribution < -0.4 is 0 Å². The van der Waals surface area contributed by atoms with E-state index in [1.54, 1.807) is 0 Å². The summed E-state index contributed by atoms with van der Waals surface area (Å²) >= 11 is 0. The van der Waals surface area contributed by atoms with Crippen LogP contribution in [0.2, 0.25) is 0 Å². The number of aromatic amines is 1. The van der Waals surface area contributed by atoms with Crippen LogP contribution in [0.25, 0.3) is 0 Å². The van der Waals surface area contributed by atoms with Gasteiger partial charge in [-0.05, 0) is 31.9 Å². The van der Waals surface area contributed by atoms with Gasteiger partial charge in [0.25, 0.3) is 0 Å². The number of hydrogen-bond donors (Lipinski definition) is 1. The molecular formula is C9H17N. The van der Waals surface area contributed by atoms with Crippen LogP contribution in [0.1, 0.15) is 30.7 Å². The molecule has 0 aromatic carbocycles. The van der Waals surface area contributed by atoms with E-state index in [9.17, 15) is 0 Å². The third kappa shape index (κ3) is 1.90. The maximum Gasteiger partial charge on any atom is 0.0148 e. The third-order valence-electron chi connectivity index (χ3n) is 1.66. The third-order valence-corrected chi connectivity index (χ3v) is 1.66. The molecule has 0 saturated carbocycles. The minimum atomic E-state index is 1.28. The van der Waals surface area contributed by atoms with Crippen molar-refractivity contribution in [3.05, 3.63) is 23.0 Å². The normalized spacial score (nSPS) is 8.50. The molecule has 58 valence electrons. The van der Waals surface area contributed by atoms with Crippen LogP contribution >= 0.6 is 0 Å². The van der Waals surface area contributed by atoms with E-state index in [1.807, 2.05) is 20.0 Å². The summed E-state index contributed by atoms with van der Waals surface area (Å²) in [6.45, 7) is 10.3. The van der Waals surface area contributed by atoms with Gasteiger partial charge in [-0.15, -0.1) is 0 Å². The Morgan fingerprint density at radius 3 is 1.70 bits per heavy atom. The van der Waals surface area contributed by atoms with E-state index < -0.39 is 0 Å². The van der Waals surface area contributed by atoms with Crippen LogP contribution in [-0.2, 0) is 0 Å². The first kappa shape index (κ1) is 9.28. The van der Waals surface area contributed by atoms with E-state index in [0.717, 1.165) is 0 Å². The lowest BCUT2D eigenvalue weighted by Crippen LogP contribution is -1.73. The summed E-state index contributed by atoms with van der Waals surface area (Å²) in [6.07, 6.45) is 2.03. The fourth-order valence-electron chi connectivity index (χ4n) is 0.729. The van der Waals surface area contributed by atoms with Gasteiger partial charge in [-0.2, -0.15) is 0 Å². The molecular weight excluding hydrogens is 122 g/mol. The Kier molecular flexibility index (Phi) is 3.85. The maximum atomic E-state index is 3.14. The SMILES string of the molecule is CC.Cc1c[nH]c(C)c1C. The summed E-state index contributed by atoms with van der Waals surface area (Å²) in [6, 6.07) is 0. The van der Waals surface area contributed by atoms with Gasteiger partial charge in [0.2, 0.25) is 0 Å². The van der Waals surface area contributed by atoms with E-state index in [0.29, 0.717) is 0 Å². The fraction of sp³-hybridized carbons (Fsp3) is 0.556. The van der Waals surface area contributed by atoms with Crippen molar-refractivity contribution in [3.8, 4) is 0 Å². The molecule has 1 nitrogen and oxygen atoms in total. The highest BCUT2D eigenvalue weighted by Crippen LogP contribution is 2.08. The number of hydrogen-bond acceptors (Lipinski definition) is 0. The van der Waals surface area contributed by atoms with Gasteiger partial charge in [-0.1, -0.05) is 13.8 Å². The minimum absolute atomic E-state index is 1.28. The Labute approximate surface area is 63.5 Å². The average molecular weight is 139 g/mol. The predicted octanol–water partition coefficient (Wildman–Crippen LogP) is 2.97. The van der Waals surface area contributed by atoms with Crippen molar-refractivity contribution in [3.63, 3.8) is 0 Å². The Morgan fingerprint density at radius 1 is 1.10 bits per heavy atom. The molecule has 0 saturated heterocycles. The van der Waals surface area contributed by atoms with Crippen LogP contribution in [0.15, 0.2) is 6.20 Å². The van der Waals surface area contributed by atoms with Gasteiger partial charge >= 0.3 is 0 Å². The molecule has 1 heteroatoms. The van der Waals surface area contributed by atoms with E-state index in [-0.39, 0.29) is 0 Å². The van der Waals surface area contributed by atoms with Crippen molar-refractivity contribution in [1.29, 1.82) is 0 Å². The quantitative estimate of drug-likeness (QED) is 0.568. The molecule has 1 aromatic rings. The Morgan fingerprint density at radius 2 is 1.60 bits per heavy atom. The second-order valence-corrected chi connectivity index (χ2v) is 2.22. The van der Waals surface area contributed by atoms with Crippen molar-refractivity contribution in [2.24, 2.45) is 0 Å². The first-order valence-electron chi connectivity index (χ1n) is 3.83. The topological polar surface area (TPSA) is 15.8 Å². The predicted molar refractivity (Wildman–Crippen MR) is 46.4 cm³/mol. The van der Waals surface area contributed by atoms with Gasteiger partial charge in [-0.3, -0.25) is 0 Å². The Hall–Kier alpha value is -0.720. The molecule has 0 aliphatic heterocycles. The molecule has 1 rings (SSSR count). The molecule has 0 unspecified atom stereocenters. The van der Waals surface area contributed by atoms with E-state index in [4.69, 9.17) is 0 Å². The van der Waals surface area contributed by atoms with Crippen molar-refractivity contribution in [1.82, 2.24) is 4.98 Å². The number of H-pyrrole nitrogens is 1. The molecule has 0 spiro atoms. The number of aromatic nitrogens is 1. The zero-order valence-corrected chi connectivity index (χ0v) is 7.58. The Bertz CT molecular complexity index is 167. The lowest BCUT2D eigenvalue weighted by Gasteiger charge is -1.86. The first-order valence-corrected chi connectivity index (χ1v) is 3.83. The van der Waals surface area contributed by atoms with Gasteiger partial charge in [0.1, 0.15) is 0 Å². The second kappa shape index (κ2) is 4.15. The summed E-state index contributed by atoms with van der Waals surface area (Å²) in [5.41, 5.74) is 4.01. The highest BCUT2D eigenvalue weighted by Gasteiger charge is 1.94. The molecule has 1 heterocycles. The van der Waals surface area contributed by atoms with Gasteiger partial charge in [0, 0.05) is 11.9 Å². The Balaban J connectivity index is 0.000000371. The largest absolute Gasteiger partial charge is 0.365 e. The molecule has 0 amide bonds. The summed E-state index contributed by atoms with van der Waals surface area (Å²) < 4.78 is 0. The lowest BCUT2D eigenvalue weighted by molar-refractivity contribution is 1.23. The van der Waals surface area contributed by atoms with Gasteiger partial charge in [-0.25, -0.2) is 0 Å². The summed E-state index contributed by atoms with van der Waals surface area (Å²) in [7, 11) is 0. The molecule has 1 N–H and O–H groups in total. The van der Waals surface area contributed by atoms with Crippen LogP contribution in [0.4, 0.5) is 0 Å². The smallest absolute Gasteiger partial charge is 0.0148 e. The molecule has 0 aliphatic carbocycles. The minimum Gasteiger partial charge on any atom is -0.365 e. The van der Waals surface area contributed by atoms with Crippen LogP contribution in [0, 0.1) is 20.8 Å². The molecule has 0 radical (unpaired) electrons. The fourth-order valence-corrected chi connectivity index (χ4v) is 0.729. The van der Waals surface area contributed by atoms with Crippen LogP contribution in [0.5, 0.6) is 0 Å². The van der Waals surface area contributed by atoms with Crippen LogP contribution in [-0.4, -0.2) is 4.98 Å². The van der Waals surface area contributed by atoms with E-state index >= 15 is 0 Å². The molecule has 1 aromatic heterocycles. The van der Waals surface area contributed by atoms with Crippen LogP contribution in [0.3, 0.4) is 0 Å². The molecule has 10 heavy (non-hydrogen) atoms. The zero-order chi connectivity index (χ0) is 8.15. The zero-order valence-electron chi connectivity index (χ0n) is 7.58. The van der Waals surface area contributed by atoms with E-state index in [1.165, 1.54) is 16.8 Å². The monoisotopic (exact) mass is 139 g/mol. The van der Waals surface area contributed by atoms with E-state index in [2.05, 4.69) is 25.8 Å². The summed E-state index contributed by atoms with van der Waals surface area (Å²) in [5.74, 6) is 0. The van der Waals surface area contributed by atoms with Crippen molar-refractivity contribution in [2.75, 3.05) is 0 Å². The maximum absolute atomic E-state index is 3.14. The standard InChI is InChI=1S/C7H11N.C2H6/c1-5-4-8-7(3)6(5)2;1-2/h4,8H,1-3H3;1-2H3. The number of rotatable bonds is 0. The van der Waals surface area contributed by atoms with Gasteiger partial charge < -0.3 is 4.98 Å². The first-order chi connectivity index (χ1) is 4.72. The second-order valence-electron chi connectivity index (χ2n) is 2.22. The molecule has 0 bridgehead atoms. The van der Waals surface area contributed by atoms with Crippen molar-refractivity contribution < 1.29 is 0 Å². The molecule has 0 fully saturated rings. The van der Waals surface area contributed by atoms with Crippen molar-refractivity contribution >= 4 is 0 Å². The lowest BCUT2D eigenvalue weighted by atomic mass is 10.2. The van der Waals surface area contributed by atoms with Crippen molar-refractivity contribution in [2.45, 2.75) is 34.6 Å². The number of nitrogens with one attached hydrogen (secondary N) is 1. The highest BCUT2D eigenvalue weighted by molar-refractivity contribution is 5.26. The molecule has 0 aliphatic rings. The molecule has 0 atom stereocenters. The average Bonchev–Trinajstić information content (AvgIpc) is 2.25.